The molecule has 0 aliphatic carbocycles. The van der Waals surface area contributed by atoms with Crippen molar-refractivity contribution in [2.75, 3.05) is 20.6 Å². The van der Waals surface area contributed by atoms with Crippen molar-refractivity contribution in [3.8, 4) is 0 Å². The van der Waals surface area contributed by atoms with Gasteiger partial charge < -0.3 is 31.3 Å². The summed E-state index contributed by atoms with van der Waals surface area (Å²) in [4.78, 5) is 65.7. The van der Waals surface area contributed by atoms with Gasteiger partial charge in [-0.25, -0.2) is 4.79 Å². The van der Waals surface area contributed by atoms with Crippen LogP contribution in [0.4, 0.5) is 0 Å². The topological polar surface area (TPSA) is 162 Å². The maximum Gasteiger partial charge on any atom is 0.326 e. The van der Waals surface area contributed by atoms with Crippen molar-refractivity contribution in [2.45, 2.75) is 78.0 Å². The number of nitrogens with one attached hydrogen (secondary N) is 2. The van der Waals surface area contributed by atoms with Crippen LogP contribution in [0.25, 0.3) is 0 Å². The van der Waals surface area contributed by atoms with Crippen molar-refractivity contribution in [1.29, 1.82) is 0 Å². The van der Waals surface area contributed by atoms with E-state index >= 15 is 0 Å². The number of rotatable bonds is 15. The molecule has 0 heterocycles. The Balaban J connectivity index is 2.82. The molecule has 0 fully saturated rings. The van der Waals surface area contributed by atoms with E-state index in [9.17, 15) is 29.1 Å². The van der Waals surface area contributed by atoms with Crippen LogP contribution in [-0.2, 0) is 30.4 Å². The summed E-state index contributed by atoms with van der Waals surface area (Å²) in [7, 11) is 2.92. The van der Waals surface area contributed by atoms with Crippen LogP contribution < -0.4 is 16.4 Å². The molecule has 5 N–H and O–H groups in total. The molecule has 11 nitrogen and oxygen atoms in total. The maximum atomic E-state index is 13.2. The number of amides is 4. The van der Waals surface area contributed by atoms with Crippen LogP contribution in [0.3, 0.4) is 0 Å². The average Bonchev–Trinajstić information content (AvgIpc) is 2.87. The molecule has 0 aliphatic rings. The number of carbonyl (C=O) groups excluding carboxylic acids is 4. The first-order valence-corrected chi connectivity index (χ1v) is 13.3. The summed E-state index contributed by atoms with van der Waals surface area (Å²) in [5.74, 6) is -3.42. The molecule has 0 aliphatic heterocycles. The molecule has 218 valence electrons. The van der Waals surface area contributed by atoms with Crippen molar-refractivity contribution in [3.63, 3.8) is 0 Å². The maximum absolute atomic E-state index is 13.2. The summed E-state index contributed by atoms with van der Waals surface area (Å²) >= 11 is 0. The molecule has 11 heteroatoms. The molecule has 1 aromatic rings. The number of aliphatic carboxylic acids is 1. The van der Waals surface area contributed by atoms with E-state index in [1.165, 1.54) is 30.8 Å². The second-order valence-corrected chi connectivity index (χ2v) is 10.6. The fraction of sp³-hybridized carbons (Fsp3) is 0.607. The lowest BCUT2D eigenvalue weighted by molar-refractivity contribution is -0.146. The number of hydrogen-bond donors (Lipinski definition) is 4. The lowest BCUT2D eigenvalue weighted by Crippen LogP contribution is -2.58. The molecule has 0 spiro atoms. The second-order valence-electron chi connectivity index (χ2n) is 10.6. The summed E-state index contributed by atoms with van der Waals surface area (Å²) in [6, 6.07) is 5.47. The minimum absolute atomic E-state index is 0.0425. The minimum atomic E-state index is -1.14. The zero-order valence-corrected chi connectivity index (χ0v) is 24.1. The molecule has 39 heavy (non-hydrogen) atoms. The lowest BCUT2D eigenvalue weighted by Gasteiger charge is -2.34. The number of carbonyl (C=O) groups is 5. The number of benzene rings is 1. The molecule has 1 aromatic carbocycles. The van der Waals surface area contributed by atoms with Crippen molar-refractivity contribution >= 4 is 29.6 Å². The van der Waals surface area contributed by atoms with Crippen LogP contribution in [0.1, 0.15) is 53.0 Å². The number of nitrogens with zero attached hydrogens (tertiary/aromatic N) is 2. The Hall–Kier alpha value is -3.47. The fourth-order valence-corrected chi connectivity index (χ4v) is 4.31. The van der Waals surface area contributed by atoms with Crippen molar-refractivity contribution in [3.05, 3.63) is 35.9 Å². The Labute approximate surface area is 231 Å². The number of carboxylic acid groups (broad SMARTS) is 1. The average molecular weight is 548 g/mol. The summed E-state index contributed by atoms with van der Waals surface area (Å²) < 4.78 is 0. The van der Waals surface area contributed by atoms with E-state index in [-0.39, 0.29) is 24.8 Å². The highest BCUT2D eigenvalue weighted by atomic mass is 16.4. The van der Waals surface area contributed by atoms with E-state index in [0.717, 1.165) is 5.56 Å². The molecule has 0 aromatic heterocycles. The van der Waals surface area contributed by atoms with E-state index in [1.807, 2.05) is 51.1 Å². The number of nitrogens with two attached hydrogens (primary N) is 1. The third-order valence-corrected chi connectivity index (χ3v) is 6.66. The van der Waals surface area contributed by atoms with Gasteiger partial charge in [0.25, 0.3) is 0 Å². The van der Waals surface area contributed by atoms with Crippen LogP contribution in [-0.4, -0.2) is 89.3 Å². The highest BCUT2D eigenvalue weighted by Crippen LogP contribution is 2.16. The van der Waals surface area contributed by atoms with Crippen LogP contribution in [0.2, 0.25) is 0 Å². The minimum Gasteiger partial charge on any atom is -0.480 e. The van der Waals surface area contributed by atoms with Gasteiger partial charge in [0.05, 0.1) is 12.6 Å². The van der Waals surface area contributed by atoms with E-state index in [4.69, 9.17) is 5.73 Å². The quantitative estimate of drug-likeness (QED) is 0.255. The number of carboxylic acids is 1. The summed E-state index contributed by atoms with van der Waals surface area (Å²) in [5.41, 5.74) is 6.94. The highest BCUT2D eigenvalue weighted by molar-refractivity contribution is 5.94. The molecule has 0 radical (unpaired) electrons. The van der Waals surface area contributed by atoms with E-state index < -0.39 is 53.8 Å². The highest BCUT2D eigenvalue weighted by Gasteiger charge is 2.35. The Morgan fingerprint density at radius 2 is 1.54 bits per heavy atom. The van der Waals surface area contributed by atoms with Crippen molar-refractivity contribution in [2.24, 2.45) is 17.6 Å². The van der Waals surface area contributed by atoms with Crippen molar-refractivity contribution in [1.82, 2.24) is 20.4 Å². The van der Waals surface area contributed by atoms with Crippen LogP contribution in [0.15, 0.2) is 30.3 Å². The zero-order valence-electron chi connectivity index (χ0n) is 24.1. The van der Waals surface area contributed by atoms with E-state index in [1.54, 1.807) is 6.92 Å². The third kappa shape index (κ3) is 10.7. The van der Waals surface area contributed by atoms with Gasteiger partial charge in [0.2, 0.25) is 23.6 Å². The Kier molecular flexibility index (Phi) is 13.6. The van der Waals surface area contributed by atoms with Crippen LogP contribution >= 0.6 is 0 Å². The van der Waals surface area contributed by atoms with Crippen LogP contribution in [0.5, 0.6) is 0 Å². The van der Waals surface area contributed by atoms with Crippen molar-refractivity contribution < 1.29 is 29.1 Å². The first kappa shape index (κ1) is 33.6. The zero-order chi connectivity index (χ0) is 29.9. The lowest BCUT2D eigenvalue weighted by atomic mass is 9.95. The first-order valence-electron chi connectivity index (χ1n) is 13.3. The molecular formula is C28H45N5O6. The van der Waals surface area contributed by atoms with E-state index in [0.29, 0.717) is 12.8 Å². The molecule has 1 rings (SSSR count). The molecular weight excluding hydrogens is 502 g/mol. The molecule has 5 atom stereocenters. The van der Waals surface area contributed by atoms with Crippen LogP contribution in [0, 0.1) is 11.8 Å². The standard InChI is InChI=1S/C28H45N5O6/c1-8-18(4)24(25(35)31-22(28(38)39)14-17(2)3)33(7)26(36)19(5)30-23(34)16-32(6)27(37)21(29)15-20-12-10-9-11-13-20/h9-13,17-19,21-22,24H,8,14-16,29H2,1-7H3,(H,30,34)(H,31,35)(H,38,39)/t18-,19-,21-,22-,24-/m0/s1. The largest absolute Gasteiger partial charge is 0.480 e. The Morgan fingerprint density at radius 3 is 2.05 bits per heavy atom. The molecule has 4 amide bonds. The van der Waals surface area contributed by atoms with Gasteiger partial charge in [-0.1, -0.05) is 64.4 Å². The third-order valence-electron chi connectivity index (χ3n) is 6.66. The van der Waals surface area contributed by atoms with Gasteiger partial charge >= 0.3 is 5.97 Å². The summed E-state index contributed by atoms with van der Waals surface area (Å²) in [6.45, 7) is 8.57. The smallest absolute Gasteiger partial charge is 0.326 e. The predicted molar refractivity (Wildman–Crippen MR) is 148 cm³/mol. The first-order chi connectivity index (χ1) is 18.2. The number of hydrogen-bond acceptors (Lipinski definition) is 6. The fourth-order valence-electron chi connectivity index (χ4n) is 4.31. The Bertz CT molecular complexity index is 986. The van der Waals surface area contributed by atoms with Gasteiger partial charge in [0.1, 0.15) is 18.1 Å². The number of likely N-dealkylation sites (N-methyl/N-ethyl adjacent to an activating group) is 2. The summed E-state index contributed by atoms with van der Waals surface area (Å²) in [5, 5.41) is 14.7. The van der Waals surface area contributed by atoms with Gasteiger partial charge in [-0.2, -0.15) is 0 Å². The molecule has 0 bridgehead atoms. The van der Waals surface area contributed by atoms with Gasteiger partial charge in [0, 0.05) is 14.1 Å². The van der Waals surface area contributed by atoms with E-state index in [2.05, 4.69) is 10.6 Å². The monoisotopic (exact) mass is 547 g/mol. The Morgan fingerprint density at radius 1 is 0.949 bits per heavy atom. The SMILES string of the molecule is CC[C@H](C)[C@@H](C(=O)N[C@@H](CC(C)C)C(=O)O)N(C)C(=O)[C@H](C)NC(=O)CN(C)C(=O)[C@@H](N)Cc1ccccc1. The van der Waals surface area contributed by atoms with Gasteiger partial charge in [0.15, 0.2) is 0 Å². The second kappa shape index (κ2) is 15.8. The molecule has 0 unspecified atom stereocenters. The van der Waals surface area contributed by atoms with Gasteiger partial charge in [-0.3, -0.25) is 19.2 Å². The molecule has 0 saturated carbocycles. The normalized spacial score (nSPS) is 14.9. The van der Waals surface area contributed by atoms with Gasteiger partial charge in [-0.15, -0.1) is 0 Å². The summed E-state index contributed by atoms with van der Waals surface area (Å²) in [6.07, 6.45) is 1.14. The predicted octanol–water partition coefficient (Wildman–Crippen LogP) is 1.01. The van der Waals surface area contributed by atoms with Gasteiger partial charge in [-0.05, 0) is 37.2 Å². The molecule has 0 saturated heterocycles.